The summed E-state index contributed by atoms with van der Waals surface area (Å²) in [5.41, 5.74) is 2.16. The van der Waals surface area contributed by atoms with Crippen molar-refractivity contribution in [2.75, 3.05) is 6.54 Å². The molecule has 1 aromatic rings. The molecule has 0 bridgehead atoms. The molecule has 2 aliphatic rings. The minimum Gasteiger partial charge on any atom is -0.468 e. The van der Waals surface area contributed by atoms with Gasteiger partial charge in [-0.25, -0.2) is 5.84 Å². The van der Waals surface area contributed by atoms with Gasteiger partial charge in [0.2, 0.25) is 0 Å². The van der Waals surface area contributed by atoms with Gasteiger partial charge in [0, 0.05) is 12.6 Å². The monoisotopic (exact) mass is 279 g/mol. The van der Waals surface area contributed by atoms with Gasteiger partial charge in [-0.1, -0.05) is 0 Å². The standard InChI is InChI=1S/C14H21N3O3/c15-16-14(18)13-6-5-12(20-13)9-17(10-3-4-10)8-11-2-1-7-19-11/h1-2,7,10,12-13H,3-6,8-9,15H2,(H,16,18). The summed E-state index contributed by atoms with van der Waals surface area (Å²) in [6, 6.07) is 4.54. The second-order valence-electron chi connectivity index (χ2n) is 5.57. The van der Waals surface area contributed by atoms with Crippen LogP contribution in [-0.4, -0.2) is 35.6 Å². The van der Waals surface area contributed by atoms with Gasteiger partial charge in [-0.2, -0.15) is 0 Å². The Balaban J connectivity index is 1.54. The quantitative estimate of drug-likeness (QED) is 0.457. The summed E-state index contributed by atoms with van der Waals surface area (Å²) in [4.78, 5) is 13.9. The topological polar surface area (TPSA) is 80.7 Å². The van der Waals surface area contributed by atoms with Crippen molar-refractivity contribution >= 4 is 5.91 Å². The first kappa shape index (κ1) is 13.6. The van der Waals surface area contributed by atoms with Gasteiger partial charge < -0.3 is 9.15 Å². The molecule has 2 fully saturated rings. The first-order valence-electron chi connectivity index (χ1n) is 7.18. The molecule has 0 aromatic carbocycles. The van der Waals surface area contributed by atoms with Gasteiger partial charge in [-0.3, -0.25) is 15.1 Å². The number of hydrogen-bond acceptors (Lipinski definition) is 5. The molecule has 1 saturated heterocycles. The molecule has 0 spiro atoms. The summed E-state index contributed by atoms with van der Waals surface area (Å²) in [6.45, 7) is 1.66. The number of ether oxygens (including phenoxy) is 1. The van der Waals surface area contributed by atoms with E-state index in [2.05, 4.69) is 10.3 Å². The minimum atomic E-state index is -0.394. The molecule has 1 amide bonds. The fraction of sp³-hybridized carbons (Fsp3) is 0.643. The third kappa shape index (κ3) is 3.20. The fourth-order valence-corrected chi connectivity index (χ4v) is 2.77. The highest BCUT2D eigenvalue weighted by Crippen LogP contribution is 2.30. The molecule has 1 aromatic heterocycles. The number of rotatable bonds is 6. The second kappa shape index (κ2) is 5.95. The fourth-order valence-electron chi connectivity index (χ4n) is 2.77. The lowest BCUT2D eigenvalue weighted by atomic mass is 10.2. The van der Waals surface area contributed by atoms with Crippen molar-refractivity contribution < 1.29 is 13.9 Å². The van der Waals surface area contributed by atoms with E-state index in [4.69, 9.17) is 15.0 Å². The van der Waals surface area contributed by atoms with E-state index >= 15 is 0 Å². The highest BCUT2D eigenvalue weighted by molar-refractivity contribution is 5.80. The number of amides is 1. The summed E-state index contributed by atoms with van der Waals surface area (Å²) in [6.07, 6.45) is 5.53. The number of nitrogens with one attached hydrogen (secondary N) is 1. The maximum Gasteiger partial charge on any atom is 0.263 e. The van der Waals surface area contributed by atoms with Crippen LogP contribution < -0.4 is 11.3 Å². The lowest BCUT2D eigenvalue weighted by Crippen LogP contribution is -2.40. The van der Waals surface area contributed by atoms with E-state index in [1.54, 1.807) is 6.26 Å². The Morgan fingerprint density at radius 1 is 1.40 bits per heavy atom. The molecule has 6 nitrogen and oxygen atoms in total. The highest BCUT2D eigenvalue weighted by Gasteiger charge is 2.35. The van der Waals surface area contributed by atoms with Crippen LogP contribution in [0.2, 0.25) is 0 Å². The second-order valence-corrected chi connectivity index (χ2v) is 5.57. The molecule has 20 heavy (non-hydrogen) atoms. The van der Waals surface area contributed by atoms with Gasteiger partial charge in [-0.05, 0) is 37.8 Å². The molecule has 2 heterocycles. The van der Waals surface area contributed by atoms with Crippen LogP contribution >= 0.6 is 0 Å². The Morgan fingerprint density at radius 3 is 2.90 bits per heavy atom. The smallest absolute Gasteiger partial charge is 0.263 e. The van der Waals surface area contributed by atoms with Crippen molar-refractivity contribution in [2.24, 2.45) is 5.84 Å². The largest absolute Gasteiger partial charge is 0.468 e. The number of carbonyl (C=O) groups is 1. The highest BCUT2D eigenvalue weighted by atomic mass is 16.5. The average Bonchev–Trinajstić information content (AvgIpc) is 2.99. The zero-order valence-electron chi connectivity index (χ0n) is 11.5. The first-order chi connectivity index (χ1) is 9.76. The van der Waals surface area contributed by atoms with Crippen LogP contribution in [0.5, 0.6) is 0 Å². The molecule has 0 radical (unpaired) electrons. The Bertz CT molecular complexity index is 445. The average molecular weight is 279 g/mol. The molecule has 6 heteroatoms. The number of hydrazine groups is 1. The maximum atomic E-state index is 11.5. The van der Waals surface area contributed by atoms with E-state index in [1.165, 1.54) is 12.8 Å². The van der Waals surface area contributed by atoms with E-state index in [0.717, 1.165) is 31.7 Å². The summed E-state index contributed by atoms with van der Waals surface area (Å²) < 4.78 is 11.2. The number of hydrogen-bond donors (Lipinski definition) is 2. The summed E-state index contributed by atoms with van der Waals surface area (Å²) >= 11 is 0. The molecule has 110 valence electrons. The van der Waals surface area contributed by atoms with Crippen LogP contribution in [0.15, 0.2) is 22.8 Å². The summed E-state index contributed by atoms with van der Waals surface area (Å²) in [7, 11) is 0. The molecule has 3 rings (SSSR count). The van der Waals surface area contributed by atoms with E-state index in [9.17, 15) is 4.79 Å². The third-order valence-electron chi connectivity index (χ3n) is 3.98. The van der Waals surface area contributed by atoms with Crippen molar-refractivity contribution in [2.45, 2.75) is 50.5 Å². The van der Waals surface area contributed by atoms with Crippen molar-refractivity contribution in [1.82, 2.24) is 10.3 Å². The van der Waals surface area contributed by atoms with Crippen molar-refractivity contribution in [1.29, 1.82) is 0 Å². The van der Waals surface area contributed by atoms with Crippen molar-refractivity contribution in [3.8, 4) is 0 Å². The van der Waals surface area contributed by atoms with Gasteiger partial charge in [-0.15, -0.1) is 0 Å². The lowest BCUT2D eigenvalue weighted by molar-refractivity contribution is -0.132. The van der Waals surface area contributed by atoms with Gasteiger partial charge in [0.25, 0.3) is 5.91 Å². The van der Waals surface area contributed by atoms with Gasteiger partial charge in [0.15, 0.2) is 0 Å². The third-order valence-corrected chi connectivity index (χ3v) is 3.98. The van der Waals surface area contributed by atoms with E-state index in [1.807, 2.05) is 12.1 Å². The number of furan rings is 1. The van der Waals surface area contributed by atoms with Crippen molar-refractivity contribution in [3.05, 3.63) is 24.2 Å². The van der Waals surface area contributed by atoms with Crippen LogP contribution in [0.1, 0.15) is 31.4 Å². The summed E-state index contributed by atoms with van der Waals surface area (Å²) in [5.74, 6) is 5.90. The molecule has 3 N–H and O–H groups in total. The Kier molecular flexibility index (Phi) is 4.05. The van der Waals surface area contributed by atoms with E-state index in [-0.39, 0.29) is 12.0 Å². The molecule has 1 saturated carbocycles. The zero-order valence-corrected chi connectivity index (χ0v) is 11.5. The minimum absolute atomic E-state index is 0.105. The number of nitrogens with two attached hydrogens (primary N) is 1. The van der Waals surface area contributed by atoms with Crippen LogP contribution in [0.4, 0.5) is 0 Å². The van der Waals surface area contributed by atoms with Gasteiger partial charge in [0.1, 0.15) is 11.9 Å². The number of carbonyl (C=O) groups excluding carboxylic acids is 1. The normalized spacial score (nSPS) is 26.1. The maximum absolute atomic E-state index is 11.5. The van der Waals surface area contributed by atoms with Gasteiger partial charge in [0.05, 0.1) is 18.9 Å². The Labute approximate surface area is 118 Å². The molecule has 1 aliphatic carbocycles. The van der Waals surface area contributed by atoms with Crippen LogP contribution in [0, 0.1) is 0 Å². The predicted octanol–water partition coefficient (Wildman–Crippen LogP) is 0.782. The predicted molar refractivity (Wildman–Crippen MR) is 72.4 cm³/mol. The molecular weight excluding hydrogens is 258 g/mol. The molecule has 2 atom stereocenters. The SMILES string of the molecule is NNC(=O)C1CCC(CN(Cc2ccco2)C2CC2)O1. The Hall–Kier alpha value is -1.37. The van der Waals surface area contributed by atoms with Crippen LogP contribution in [-0.2, 0) is 16.1 Å². The number of nitrogens with zero attached hydrogens (tertiary/aromatic N) is 1. The summed E-state index contributed by atoms with van der Waals surface area (Å²) in [5, 5.41) is 0. The molecule has 1 aliphatic heterocycles. The van der Waals surface area contributed by atoms with Gasteiger partial charge >= 0.3 is 0 Å². The van der Waals surface area contributed by atoms with E-state index in [0.29, 0.717) is 6.04 Å². The first-order valence-corrected chi connectivity index (χ1v) is 7.18. The zero-order chi connectivity index (χ0) is 13.9. The van der Waals surface area contributed by atoms with Crippen LogP contribution in [0.25, 0.3) is 0 Å². The van der Waals surface area contributed by atoms with Crippen LogP contribution in [0.3, 0.4) is 0 Å². The van der Waals surface area contributed by atoms with E-state index < -0.39 is 6.10 Å². The molecular formula is C14H21N3O3. The Morgan fingerprint density at radius 2 is 2.25 bits per heavy atom. The molecule has 2 unspecified atom stereocenters. The van der Waals surface area contributed by atoms with Crippen molar-refractivity contribution in [3.63, 3.8) is 0 Å². The lowest BCUT2D eigenvalue weighted by Gasteiger charge is -2.24.